The number of hydrogen-bond donors (Lipinski definition) is 0. The minimum atomic E-state index is 1.28. The Kier molecular flexibility index (Phi) is 0.220. The van der Waals surface area contributed by atoms with Crippen molar-refractivity contribution in [1.29, 1.82) is 0 Å². The third-order valence-electron chi connectivity index (χ3n) is 1.81. The molecule has 0 aromatic heterocycles. The normalized spacial score (nSPS) is 47.2. The van der Waals surface area contributed by atoms with E-state index in [-0.39, 0.29) is 0 Å². The number of rotatable bonds is 1. The molecule has 32 valence electrons. The Morgan fingerprint density at radius 2 is 2.50 bits per heavy atom. The SMILES string of the molecule is CC[N+]12C=C1C2. The molecule has 1 atom stereocenters. The van der Waals surface area contributed by atoms with Gasteiger partial charge < -0.3 is 0 Å². The fourth-order valence-corrected chi connectivity index (χ4v) is 0.890. The van der Waals surface area contributed by atoms with E-state index in [1.807, 2.05) is 0 Å². The second kappa shape index (κ2) is 0.470. The summed E-state index contributed by atoms with van der Waals surface area (Å²) in [6, 6.07) is 0. The maximum Gasteiger partial charge on any atom is 0.224 e. The van der Waals surface area contributed by atoms with Gasteiger partial charge in [-0.25, -0.2) is 4.48 Å². The standard InChI is InChI=1S/C5H8N/c1-2-6-3-5(6)4-6/h3H,2,4H2,1H3/q+1. The lowest BCUT2D eigenvalue weighted by Crippen LogP contribution is -2.06. The van der Waals surface area contributed by atoms with Gasteiger partial charge in [-0.05, 0) is 6.92 Å². The van der Waals surface area contributed by atoms with Crippen molar-refractivity contribution >= 4 is 0 Å². The van der Waals surface area contributed by atoms with Gasteiger partial charge in [-0.1, -0.05) is 0 Å². The number of quaternary nitrogens is 1. The number of hydrogen-bond acceptors (Lipinski definition) is 0. The van der Waals surface area contributed by atoms with Crippen LogP contribution in [0.15, 0.2) is 11.9 Å². The van der Waals surface area contributed by atoms with E-state index in [1.54, 1.807) is 5.70 Å². The number of likely N-dealkylation sites (N-methyl/N-ethyl adjacent to an activating group) is 1. The molecule has 6 heavy (non-hydrogen) atoms. The van der Waals surface area contributed by atoms with Gasteiger partial charge in [-0.15, -0.1) is 0 Å². The van der Waals surface area contributed by atoms with E-state index in [1.165, 1.54) is 17.6 Å². The molecular weight excluding hydrogens is 74.1 g/mol. The lowest BCUT2D eigenvalue weighted by molar-refractivity contribution is -0.669. The summed E-state index contributed by atoms with van der Waals surface area (Å²) >= 11 is 0. The van der Waals surface area contributed by atoms with Crippen LogP contribution in [-0.4, -0.2) is 17.6 Å². The zero-order chi connectivity index (χ0) is 4.20. The van der Waals surface area contributed by atoms with Crippen LogP contribution in [0.2, 0.25) is 0 Å². The summed E-state index contributed by atoms with van der Waals surface area (Å²) in [4.78, 5) is 0. The minimum absolute atomic E-state index is 1.28. The zero-order valence-corrected chi connectivity index (χ0v) is 3.94. The molecular formula is C5H8N+. The Labute approximate surface area is 37.5 Å². The van der Waals surface area contributed by atoms with Crippen LogP contribution in [0.4, 0.5) is 0 Å². The lowest BCUT2D eigenvalue weighted by atomic mass is 10.7. The van der Waals surface area contributed by atoms with Gasteiger partial charge in [0.15, 0.2) is 12.7 Å². The molecule has 0 saturated carbocycles. The quantitative estimate of drug-likeness (QED) is 0.322. The third-order valence-corrected chi connectivity index (χ3v) is 1.81. The summed E-state index contributed by atoms with van der Waals surface area (Å²) in [5.74, 6) is 0. The summed E-state index contributed by atoms with van der Waals surface area (Å²) in [5, 5.41) is 0. The van der Waals surface area contributed by atoms with Gasteiger partial charge in [0.1, 0.15) is 0 Å². The van der Waals surface area contributed by atoms with Crippen molar-refractivity contribution in [2.75, 3.05) is 13.1 Å². The molecule has 2 aliphatic heterocycles. The first kappa shape index (κ1) is 2.80. The highest BCUT2D eigenvalue weighted by molar-refractivity contribution is 5.19. The van der Waals surface area contributed by atoms with E-state index >= 15 is 0 Å². The Hall–Kier alpha value is -0.300. The monoisotopic (exact) mass is 82.1 g/mol. The first-order valence-corrected chi connectivity index (χ1v) is 2.46. The number of nitrogens with zero attached hydrogens (tertiary/aromatic N) is 1. The van der Waals surface area contributed by atoms with E-state index < -0.39 is 0 Å². The van der Waals surface area contributed by atoms with Crippen LogP contribution in [0, 0.1) is 0 Å². The van der Waals surface area contributed by atoms with Crippen molar-refractivity contribution in [3.63, 3.8) is 0 Å². The molecule has 0 radical (unpaired) electrons. The van der Waals surface area contributed by atoms with Crippen LogP contribution in [0.25, 0.3) is 0 Å². The predicted molar refractivity (Wildman–Crippen MR) is 23.8 cm³/mol. The van der Waals surface area contributed by atoms with E-state index in [4.69, 9.17) is 0 Å². The van der Waals surface area contributed by atoms with Crippen molar-refractivity contribution in [3.8, 4) is 0 Å². The molecule has 2 heterocycles. The smallest absolute Gasteiger partial charge is 0.224 e. The molecule has 0 aliphatic carbocycles. The summed E-state index contributed by atoms with van der Waals surface area (Å²) in [5.41, 5.74) is 1.66. The van der Waals surface area contributed by atoms with Gasteiger partial charge >= 0.3 is 0 Å². The average Bonchev–Trinajstić information content (AvgIpc) is 2.12. The van der Waals surface area contributed by atoms with Crippen LogP contribution in [-0.2, 0) is 0 Å². The molecule has 0 amide bonds. The first-order valence-electron chi connectivity index (χ1n) is 2.46. The lowest BCUT2D eigenvalue weighted by Gasteiger charge is -1.91. The van der Waals surface area contributed by atoms with Gasteiger partial charge in [-0.2, -0.15) is 0 Å². The molecule has 0 spiro atoms. The molecule has 0 bridgehead atoms. The van der Waals surface area contributed by atoms with Gasteiger partial charge in [0.25, 0.3) is 0 Å². The second-order valence-electron chi connectivity index (χ2n) is 2.13. The van der Waals surface area contributed by atoms with Gasteiger partial charge in [0.2, 0.25) is 5.70 Å². The molecule has 2 rings (SSSR count). The summed E-state index contributed by atoms with van der Waals surface area (Å²) in [7, 11) is 0. The largest absolute Gasteiger partial charge is 0.246 e. The van der Waals surface area contributed by atoms with Crippen molar-refractivity contribution < 1.29 is 4.48 Å². The molecule has 0 aromatic carbocycles. The Morgan fingerprint density at radius 3 is 2.50 bits per heavy atom. The van der Waals surface area contributed by atoms with E-state index in [0.29, 0.717) is 0 Å². The molecule has 1 fully saturated rings. The molecule has 0 N–H and O–H groups in total. The average molecular weight is 82.1 g/mol. The topological polar surface area (TPSA) is 0 Å². The van der Waals surface area contributed by atoms with Crippen molar-refractivity contribution in [3.05, 3.63) is 11.9 Å². The van der Waals surface area contributed by atoms with Crippen LogP contribution in [0.3, 0.4) is 0 Å². The molecule has 0 aromatic rings. The van der Waals surface area contributed by atoms with Gasteiger partial charge in [0, 0.05) is 0 Å². The van der Waals surface area contributed by atoms with Crippen LogP contribution in [0.1, 0.15) is 6.92 Å². The van der Waals surface area contributed by atoms with Crippen LogP contribution in [0.5, 0.6) is 0 Å². The molecule has 2 aliphatic rings. The number of fused-ring (bicyclic) bond motifs is 1. The highest BCUT2D eigenvalue weighted by Gasteiger charge is 2.63. The van der Waals surface area contributed by atoms with Gasteiger partial charge in [-0.3, -0.25) is 0 Å². The predicted octanol–water partition coefficient (Wildman–Crippen LogP) is 0.692. The molecule has 1 nitrogen and oxygen atoms in total. The Balaban J connectivity index is 2.18. The molecule has 1 unspecified atom stereocenters. The summed E-state index contributed by atoms with van der Waals surface area (Å²) < 4.78 is 1.28. The van der Waals surface area contributed by atoms with Crippen molar-refractivity contribution in [2.24, 2.45) is 0 Å². The fourth-order valence-electron chi connectivity index (χ4n) is 0.890. The van der Waals surface area contributed by atoms with Crippen molar-refractivity contribution in [2.45, 2.75) is 6.92 Å². The summed E-state index contributed by atoms with van der Waals surface area (Å²) in [6.45, 7) is 4.91. The Morgan fingerprint density at radius 1 is 2.00 bits per heavy atom. The van der Waals surface area contributed by atoms with E-state index in [0.717, 1.165) is 0 Å². The second-order valence-corrected chi connectivity index (χ2v) is 2.13. The third kappa shape index (κ3) is 0.125. The van der Waals surface area contributed by atoms with E-state index in [2.05, 4.69) is 13.1 Å². The molecule has 1 heteroatoms. The highest BCUT2D eigenvalue weighted by atomic mass is 15.6. The highest BCUT2D eigenvalue weighted by Crippen LogP contribution is 2.50. The molecule has 1 saturated heterocycles. The van der Waals surface area contributed by atoms with Gasteiger partial charge in [0.05, 0.1) is 6.54 Å². The minimum Gasteiger partial charge on any atom is -0.246 e. The maximum atomic E-state index is 2.32. The zero-order valence-electron chi connectivity index (χ0n) is 3.94. The van der Waals surface area contributed by atoms with Crippen LogP contribution >= 0.6 is 0 Å². The fraction of sp³-hybridized carbons (Fsp3) is 0.600. The van der Waals surface area contributed by atoms with Crippen molar-refractivity contribution in [1.82, 2.24) is 0 Å². The maximum absolute atomic E-state index is 2.32. The summed E-state index contributed by atoms with van der Waals surface area (Å²) in [6.07, 6.45) is 2.32. The first-order chi connectivity index (χ1) is 2.87. The Bertz CT molecular complexity index is 126. The van der Waals surface area contributed by atoms with E-state index in [9.17, 15) is 0 Å². The van der Waals surface area contributed by atoms with Crippen LogP contribution < -0.4 is 0 Å².